The fourth-order valence-electron chi connectivity index (χ4n) is 3.06. The molecular formula is C19H23N. The Kier molecular flexibility index (Phi) is 3.88. The maximum atomic E-state index is 3.74. The number of rotatable bonds is 4. The second-order valence-electron chi connectivity index (χ2n) is 6.07. The first-order chi connectivity index (χ1) is 9.72. The van der Waals surface area contributed by atoms with Crippen LogP contribution >= 0.6 is 0 Å². The van der Waals surface area contributed by atoms with Crippen LogP contribution in [0.3, 0.4) is 0 Å². The predicted molar refractivity (Wildman–Crippen MR) is 84.9 cm³/mol. The average Bonchev–Trinajstić information content (AvgIpc) is 2.44. The highest BCUT2D eigenvalue weighted by atomic mass is 15.0. The second-order valence-corrected chi connectivity index (χ2v) is 6.07. The van der Waals surface area contributed by atoms with Gasteiger partial charge in [-0.05, 0) is 43.7 Å². The minimum absolute atomic E-state index is 0.445. The van der Waals surface area contributed by atoms with E-state index in [1.165, 1.54) is 29.5 Å². The molecule has 1 nitrogen and oxygen atoms in total. The topological polar surface area (TPSA) is 12.0 Å². The maximum Gasteiger partial charge on any atom is 0.0294 e. The van der Waals surface area contributed by atoms with Gasteiger partial charge < -0.3 is 5.32 Å². The van der Waals surface area contributed by atoms with E-state index in [9.17, 15) is 0 Å². The molecule has 2 aromatic rings. The lowest BCUT2D eigenvalue weighted by atomic mass is 9.75. The summed E-state index contributed by atoms with van der Waals surface area (Å²) >= 11 is 0. The SMILES string of the molecule is Cc1ccc(C2CC(NC(C)c3ccccc3)C2)cc1. The maximum absolute atomic E-state index is 3.74. The number of hydrogen-bond donors (Lipinski definition) is 1. The molecule has 1 N–H and O–H groups in total. The first kappa shape index (κ1) is 13.4. The van der Waals surface area contributed by atoms with Gasteiger partial charge in [-0.1, -0.05) is 60.2 Å². The van der Waals surface area contributed by atoms with Crippen LogP contribution < -0.4 is 5.32 Å². The highest BCUT2D eigenvalue weighted by molar-refractivity contribution is 5.27. The summed E-state index contributed by atoms with van der Waals surface area (Å²) in [5, 5.41) is 3.74. The van der Waals surface area contributed by atoms with E-state index < -0.39 is 0 Å². The quantitative estimate of drug-likeness (QED) is 0.852. The molecule has 0 radical (unpaired) electrons. The molecule has 0 aliphatic heterocycles. The molecule has 1 aliphatic carbocycles. The van der Waals surface area contributed by atoms with Crippen molar-refractivity contribution in [2.45, 2.75) is 44.7 Å². The van der Waals surface area contributed by atoms with Gasteiger partial charge in [0, 0.05) is 12.1 Å². The molecule has 20 heavy (non-hydrogen) atoms. The van der Waals surface area contributed by atoms with Crippen molar-refractivity contribution in [1.82, 2.24) is 5.32 Å². The summed E-state index contributed by atoms with van der Waals surface area (Å²) in [6, 6.07) is 20.8. The van der Waals surface area contributed by atoms with Crippen LogP contribution in [0, 0.1) is 6.92 Å². The number of benzene rings is 2. The minimum atomic E-state index is 0.445. The Labute approximate surface area is 122 Å². The molecule has 0 heterocycles. The summed E-state index contributed by atoms with van der Waals surface area (Å²) in [6.07, 6.45) is 2.53. The molecule has 1 saturated carbocycles. The van der Waals surface area contributed by atoms with Gasteiger partial charge in [0.15, 0.2) is 0 Å². The van der Waals surface area contributed by atoms with Gasteiger partial charge in [0.25, 0.3) is 0 Å². The molecule has 0 saturated heterocycles. The Bertz CT molecular complexity index is 538. The third-order valence-electron chi connectivity index (χ3n) is 4.47. The lowest BCUT2D eigenvalue weighted by Gasteiger charge is -2.38. The zero-order chi connectivity index (χ0) is 13.9. The Balaban J connectivity index is 1.52. The van der Waals surface area contributed by atoms with Crippen LogP contribution in [0.2, 0.25) is 0 Å². The first-order valence-corrected chi connectivity index (χ1v) is 7.60. The average molecular weight is 265 g/mol. The molecule has 0 bridgehead atoms. The zero-order valence-electron chi connectivity index (χ0n) is 12.3. The van der Waals surface area contributed by atoms with Crippen LogP contribution in [0.15, 0.2) is 54.6 Å². The number of hydrogen-bond acceptors (Lipinski definition) is 1. The highest BCUT2D eigenvalue weighted by Gasteiger charge is 2.30. The van der Waals surface area contributed by atoms with Crippen LogP contribution in [-0.2, 0) is 0 Å². The van der Waals surface area contributed by atoms with Gasteiger partial charge in [-0.2, -0.15) is 0 Å². The minimum Gasteiger partial charge on any atom is -0.307 e. The Morgan fingerprint density at radius 2 is 1.60 bits per heavy atom. The molecule has 1 heteroatoms. The van der Waals surface area contributed by atoms with E-state index in [1.807, 2.05) is 0 Å². The first-order valence-electron chi connectivity index (χ1n) is 7.60. The lowest BCUT2D eigenvalue weighted by Crippen LogP contribution is -2.41. The summed E-state index contributed by atoms with van der Waals surface area (Å²) in [6.45, 7) is 4.41. The van der Waals surface area contributed by atoms with Crippen molar-refractivity contribution in [3.63, 3.8) is 0 Å². The molecule has 104 valence electrons. The van der Waals surface area contributed by atoms with Crippen LogP contribution in [0.25, 0.3) is 0 Å². The highest BCUT2D eigenvalue weighted by Crippen LogP contribution is 2.37. The van der Waals surface area contributed by atoms with E-state index in [0.717, 1.165) is 5.92 Å². The summed E-state index contributed by atoms with van der Waals surface area (Å²) in [7, 11) is 0. The van der Waals surface area contributed by atoms with Crippen molar-refractivity contribution in [3.05, 3.63) is 71.3 Å². The Hall–Kier alpha value is -1.60. The zero-order valence-corrected chi connectivity index (χ0v) is 12.3. The molecule has 1 fully saturated rings. The Morgan fingerprint density at radius 1 is 0.950 bits per heavy atom. The van der Waals surface area contributed by atoms with Crippen LogP contribution in [0.5, 0.6) is 0 Å². The molecule has 1 aliphatic rings. The number of aryl methyl sites for hydroxylation is 1. The predicted octanol–water partition coefficient (Wildman–Crippen LogP) is 4.59. The fourth-order valence-corrected chi connectivity index (χ4v) is 3.06. The number of nitrogens with one attached hydrogen (secondary N) is 1. The van der Waals surface area contributed by atoms with Gasteiger partial charge in [0.1, 0.15) is 0 Å². The van der Waals surface area contributed by atoms with Gasteiger partial charge in [-0.25, -0.2) is 0 Å². The molecule has 3 rings (SSSR count). The summed E-state index contributed by atoms with van der Waals surface area (Å²) < 4.78 is 0. The molecule has 1 atom stereocenters. The summed E-state index contributed by atoms with van der Waals surface area (Å²) in [5.41, 5.74) is 4.23. The third kappa shape index (κ3) is 2.94. The van der Waals surface area contributed by atoms with Crippen molar-refractivity contribution in [2.75, 3.05) is 0 Å². The van der Waals surface area contributed by atoms with E-state index in [2.05, 4.69) is 73.8 Å². The van der Waals surface area contributed by atoms with Crippen molar-refractivity contribution in [2.24, 2.45) is 0 Å². The third-order valence-corrected chi connectivity index (χ3v) is 4.47. The van der Waals surface area contributed by atoms with E-state index >= 15 is 0 Å². The molecule has 0 aromatic heterocycles. The summed E-state index contributed by atoms with van der Waals surface area (Å²) in [5.74, 6) is 0.746. The van der Waals surface area contributed by atoms with Gasteiger partial charge in [0.2, 0.25) is 0 Å². The van der Waals surface area contributed by atoms with Crippen LogP contribution in [-0.4, -0.2) is 6.04 Å². The normalized spacial score (nSPS) is 23.1. The molecular weight excluding hydrogens is 242 g/mol. The van der Waals surface area contributed by atoms with Gasteiger partial charge in [-0.3, -0.25) is 0 Å². The standard InChI is InChI=1S/C19H23N/c1-14-8-10-17(11-9-14)18-12-19(13-18)20-15(2)16-6-4-3-5-7-16/h3-11,15,18-20H,12-13H2,1-2H3. The van der Waals surface area contributed by atoms with Crippen molar-refractivity contribution in [1.29, 1.82) is 0 Å². The van der Waals surface area contributed by atoms with E-state index in [0.29, 0.717) is 12.1 Å². The van der Waals surface area contributed by atoms with Gasteiger partial charge in [0.05, 0.1) is 0 Å². The van der Waals surface area contributed by atoms with E-state index in [-0.39, 0.29) is 0 Å². The molecule has 0 spiro atoms. The summed E-state index contributed by atoms with van der Waals surface area (Å²) in [4.78, 5) is 0. The molecule has 2 aromatic carbocycles. The van der Waals surface area contributed by atoms with E-state index in [1.54, 1.807) is 0 Å². The molecule has 0 amide bonds. The lowest BCUT2D eigenvalue weighted by molar-refractivity contribution is 0.271. The van der Waals surface area contributed by atoms with Crippen LogP contribution in [0.1, 0.15) is 48.4 Å². The van der Waals surface area contributed by atoms with Crippen LogP contribution in [0.4, 0.5) is 0 Å². The van der Waals surface area contributed by atoms with Gasteiger partial charge >= 0.3 is 0 Å². The monoisotopic (exact) mass is 265 g/mol. The van der Waals surface area contributed by atoms with Crippen molar-refractivity contribution in [3.8, 4) is 0 Å². The second kappa shape index (κ2) is 5.80. The van der Waals surface area contributed by atoms with Crippen molar-refractivity contribution >= 4 is 0 Å². The van der Waals surface area contributed by atoms with Crippen molar-refractivity contribution < 1.29 is 0 Å². The fraction of sp³-hybridized carbons (Fsp3) is 0.368. The Morgan fingerprint density at radius 3 is 2.25 bits per heavy atom. The van der Waals surface area contributed by atoms with E-state index in [4.69, 9.17) is 0 Å². The largest absolute Gasteiger partial charge is 0.307 e. The smallest absolute Gasteiger partial charge is 0.0294 e. The van der Waals surface area contributed by atoms with Gasteiger partial charge in [-0.15, -0.1) is 0 Å². The molecule has 1 unspecified atom stereocenters.